The zero-order chi connectivity index (χ0) is 20.4. The van der Waals surface area contributed by atoms with Gasteiger partial charge < -0.3 is 0 Å². The average molecular weight is 391 g/mol. The number of rotatable bonds is 23. The molecule has 0 heterocycles. The molecule has 0 nitrogen and oxygen atoms in total. The Morgan fingerprint density at radius 1 is 0.321 bits per heavy atom. The van der Waals surface area contributed by atoms with Gasteiger partial charge in [0.1, 0.15) is 0 Å². The van der Waals surface area contributed by atoms with Crippen molar-refractivity contribution in [3.63, 3.8) is 0 Å². The summed E-state index contributed by atoms with van der Waals surface area (Å²) in [5.41, 5.74) is 0. The molecule has 166 valence electrons. The summed E-state index contributed by atoms with van der Waals surface area (Å²) in [7, 11) is 0. The first-order valence-corrected chi connectivity index (χ1v) is 13.2. The van der Waals surface area contributed by atoms with Gasteiger partial charge in [-0.05, 0) is 25.7 Å². The van der Waals surface area contributed by atoms with E-state index in [2.05, 4.69) is 38.2 Å². The van der Waals surface area contributed by atoms with Crippen LogP contribution in [0.1, 0.15) is 155 Å². The van der Waals surface area contributed by atoms with E-state index >= 15 is 0 Å². The highest BCUT2D eigenvalue weighted by molar-refractivity contribution is 5.02. The van der Waals surface area contributed by atoms with E-state index in [1.165, 1.54) is 141 Å². The van der Waals surface area contributed by atoms with Crippen molar-refractivity contribution in [2.75, 3.05) is 0 Å². The van der Waals surface area contributed by atoms with Crippen LogP contribution in [0.25, 0.3) is 0 Å². The molecule has 0 fully saturated rings. The Morgan fingerprint density at radius 3 is 0.857 bits per heavy atom. The summed E-state index contributed by atoms with van der Waals surface area (Å²) in [5.74, 6) is 0. The molecular formula is C28H54. The minimum Gasteiger partial charge on any atom is -0.0845 e. The van der Waals surface area contributed by atoms with Crippen molar-refractivity contribution >= 4 is 0 Å². The maximum Gasteiger partial charge on any atom is -0.0348 e. The van der Waals surface area contributed by atoms with Crippen molar-refractivity contribution in [1.82, 2.24) is 0 Å². The van der Waals surface area contributed by atoms with Gasteiger partial charge in [-0.15, -0.1) is 0 Å². The molecule has 0 unspecified atom stereocenters. The topological polar surface area (TPSA) is 0 Å². The Labute approximate surface area is 179 Å². The van der Waals surface area contributed by atoms with E-state index in [9.17, 15) is 0 Å². The minimum atomic E-state index is 1.26. The second-order valence-corrected chi connectivity index (χ2v) is 8.80. The highest BCUT2D eigenvalue weighted by Crippen LogP contribution is 2.13. The van der Waals surface area contributed by atoms with Gasteiger partial charge in [0.05, 0.1) is 0 Å². The molecule has 0 saturated carbocycles. The first-order valence-electron chi connectivity index (χ1n) is 13.2. The molecule has 0 rings (SSSR count). The normalized spacial score (nSPS) is 11.9. The fourth-order valence-corrected chi connectivity index (χ4v) is 3.85. The van der Waals surface area contributed by atoms with Gasteiger partial charge in [-0.3, -0.25) is 0 Å². The summed E-state index contributed by atoms with van der Waals surface area (Å²) in [6, 6.07) is 0. The van der Waals surface area contributed by atoms with E-state index in [1.807, 2.05) is 0 Å². The largest absolute Gasteiger partial charge is 0.0845 e. The van der Waals surface area contributed by atoms with E-state index < -0.39 is 0 Å². The standard InChI is InChI=1S/C28H54/c1-3-5-7-9-11-13-15-17-19-21-23-25-27-28-26-24-22-20-18-16-14-12-10-8-6-4-2/h21,23,25,27H,3-20,22,24,26,28H2,1-2H3. The smallest absolute Gasteiger partial charge is 0.0348 e. The second-order valence-electron chi connectivity index (χ2n) is 8.80. The number of unbranched alkanes of at least 4 members (excludes halogenated alkanes) is 20. The van der Waals surface area contributed by atoms with Crippen LogP contribution in [0.3, 0.4) is 0 Å². The lowest BCUT2D eigenvalue weighted by atomic mass is 10.0. The molecule has 0 aliphatic carbocycles. The van der Waals surface area contributed by atoms with Gasteiger partial charge in [0.25, 0.3) is 0 Å². The van der Waals surface area contributed by atoms with Gasteiger partial charge in [0.15, 0.2) is 0 Å². The van der Waals surface area contributed by atoms with Crippen molar-refractivity contribution in [3.05, 3.63) is 24.3 Å². The number of allylic oxidation sites excluding steroid dienone is 4. The summed E-state index contributed by atoms with van der Waals surface area (Å²) >= 11 is 0. The summed E-state index contributed by atoms with van der Waals surface area (Å²) in [6.45, 7) is 4.59. The third-order valence-electron chi connectivity index (χ3n) is 5.83. The predicted molar refractivity (Wildman–Crippen MR) is 131 cm³/mol. The number of hydrogen-bond donors (Lipinski definition) is 0. The van der Waals surface area contributed by atoms with Crippen molar-refractivity contribution in [1.29, 1.82) is 0 Å². The molecule has 0 N–H and O–H groups in total. The monoisotopic (exact) mass is 390 g/mol. The lowest BCUT2D eigenvalue weighted by Gasteiger charge is -2.02. The summed E-state index contributed by atoms with van der Waals surface area (Å²) in [6.07, 6.45) is 40.4. The molecule has 0 aliphatic rings. The van der Waals surface area contributed by atoms with Crippen LogP contribution in [0, 0.1) is 0 Å². The van der Waals surface area contributed by atoms with Gasteiger partial charge in [-0.25, -0.2) is 0 Å². The molecule has 0 amide bonds. The summed E-state index contributed by atoms with van der Waals surface area (Å²) in [5, 5.41) is 0. The molecule has 0 aromatic rings. The minimum absolute atomic E-state index is 1.26. The van der Waals surface area contributed by atoms with E-state index in [-0.39, 0.29) is 0 Å². The Bertz CT molecular complexity index is 312. The van der Waals surface area contributed by atoms with Gasteiger partial charge >= 0.3 is 0 Å². The molecule has 0 heteroatoms. The second kappa shape index (κ2) is 26.5. The van der Waals surface area contributed by atoms with Crippen LogP contribution in [0.4, 0.5) is 0 Å². The van der Waals surface area contributed by atoms with E-state index in [0.29, 0.717) is 0 Å². The predicted octanol–water partition coefficient (Wildman–Crippen LogP) is 10.7. The highest BCUT2D eigenvalue weighted by atomic mass is 14.0. The Hall–Kier alpha value is -0.520. The van der Waals surface area contributed by atoms with Gasteiger partial charge in [-0.2, -0.15) is 0 Å². The molecule has 0 aliphatic heterocycles. The molecule has 0 radical (unpaired) electrons. The van der Waals surface area contributed by atoms with E-state index in [4.69, 9.17) is 0 Å². The summed E-state index contributed by atoms with van der Waals surface area (Å²) < 4.78 is 0. The molecular weight excluding hydrogens is 336 g/mol. The molecule has 0 aromatic heterocycles. The third-order valence-corrected chi connectivity index (χ3v) is 5.83. The zero-order valence-electron chi connectivity index (χ0n) is 19.9. The SMILES string of the molecule is CCCCCCCCCCC=CC=CCCCCCCCCCCCCCC. The fourth-order valence-electron chi connectivity index (χ4n) is 3.85. The lowest BCUT2D eigenvalue weighted by molar-refractivity contribution is 0.545. The van der Waals surface area contributed by atoms with Crippen LogP contribution < -0.4 is 0 Å². The van der Waals surface area contributed by atoms with Gasteiger partial charge in [-0.1, -0.05) is 154 Å². The van der Waals surface area contributed by atoms with Gasteiger partial charge in [0, 0.05) is 0 Å². The van der Waals surface area contributed by atoms with Crippen molar-refractivity contribution in [2.24, 2.45) is 0 Å². The van der Waals surface area contributed by atoms with Crippen LogP contribution in [0.5, 0.6) is 0 Å². The van der Waals surface area contributed by atoms with Crippen LogP contribution in [-0.2, 0) is 0 Å². The first kappa shape index (κ1) is 27.5. The van der Waals surface area contributed by atoms with Crippen LogP contribution in [0.15, 0.2) is 24.3 Å². The fraction of sp³-hybridized carbons (Fsp3) is 0.857. The first-order chi connectivity index (χ1) is 13.9. The molecule has 0 aromatic carbocycles. The third kappa shape index (κ3) is 25.5. The van der Waals surface area contributed by atoms with Crippen LogP contribution in [0.2, 0.25) is 0 Å². The van der Waals surface area contributed by atoms with Gasteiger partial charge in [0.2, 0.25) is 0 Å². The van der Waals surface area contributed by atoms with Crippen LogP contribution in [-0.4, -0.2) is 0 Å². The molecule has 0 bridgehead atoms. The van der Waals surface area contributed by atoms with Crippen LogP contribution >= 0.6 is 0 Å². The highest BCUT2D eigenvalue weighted by Gasteiger charge is 1.93. The zero-order valence-corrected chi connectivity index (χ0v) is 19.9. The Balaban J connectivity index is 3.14. The maximum absolute atomic E-state index is 2.36. The Morgan fingerprint density at radius 2 is 0.571 bits per heavy atom. The lowest BCUT2D eigenvalue weighted by Crippen LogP contribution is -1.82. The average Bonchev–Trinajstić information content (AvgIpc) is 2.71. The van der Waals surface area contributed by atoms with E-state index in [0.717, 1.165) is 0 Å². The molecule has 0 atom stereocenters. The Kier molecular flexibility index (Phi) is 26.0. The molecule has 0 spiro atoms. The molecule has 28 heavy (non-hydrogen) atoms. The van der Waals surface area contributed by atoms with Crippen molar-refractivity contribution < 1.29 is 0 Å². The summed E-state index contributed by atoms with van der Waals surface area (Å²) in [4.78, 5) is 0. The van der Waals surface area contributed by atoms with Crippen molar-refractivity contribution in [2.45, 2.75) is 155 Å². The number of hydrogen-bond acceptors (Lipinski definition) is 0. The van der Waals surface area contributed by atoms with Crippen molar-refractivity contribution in [3.8, 4) is 0 Å². The molecule has 0 saturated heterocycles. The maximum atomic E-state index is 2.36. The quantitative estimate of drug-likeness (QED) is 0.120. The van der Waals surface area contributed by atoms with E-state index in [1.54, 1.807) is 0 Å².